The lowest BCUT2D eigenvalue weighted by Gasteiger charge is -2.07. The number of amides is 2. The van der Waals surface area contributed by atoms with Crippen LogP contribution in [-0.2, 0) is 9.59 Å². The second-order valence-electron chi connectivity index (χ2n) is 4.29. The summed E-state index contributed by atoms with van der Waals surface area (Å²) in [5.41, 5.74) is 1.78. The molecule has 0 saturated heterocycles. The van der Waals surface area contributed by atoms with E-state index >= 15 is 0 Å². The van der Waals surface area contributed by atoms with Crippen LogP contribution in [-0.4, -0.2) is 16.9 Å². The fraction of sp³-hybridized carbons (Fsp3) is 0.0667. The Bertz CT molecular complexity index is 636. The van der Waals surface area contributed by atoms with E-state index in [1.165, 1.54) is 12.1 Å². The van der Waals surface area contributed by atoms with Crippen LogP contribution in [0, 0.1) is 6.92 Å². The minimum absolute atomic E-state index is 0.0935. The number of phenols is 1. The first-order valence-electron chi connectivity index (χ1n) is 6.03. The highest BCUT2D eigenvalue weighted by atomic mass is 16.3. The Balaban J connectivity index is 2.01. The van der Waals surface area contributed by atoms with E-state index in [1.807, 2.05) is 19.1 Å². The lowest BCUT2D eigenvalue weighted by atomic mass is 10.2. The first kappa shape index (κ1) is 13.6. The van der Waals surface area contributed by atoms with Gasteiger partial charge in [-0.25, -0.2) is 0 Å². The summed E-state index contributed by atoms with van der Waals surface area (Å²) in [4.78, 5) is 23.4. The average molecular weight is 270 g/mol. The molecular formula is C15H14N2O3. The summed E-state index contributed by atoms with van der Waals surface area (Å²) in [6, 6.07) is 13.3. The topological polar surface area (TPSA) is 78.4 Å². The molecule has 102 valence electrons. The van der Waals surface area contributed by atoms with Crippen molar-refractivity contribution in [2.24, 2.45) is 0 Å². The fourth-order valence-corrected chi connectivity index (χ4v) is 1.58. The molecule has 5 heteroatoms. The summed E-state index contributed by atoms with van der Waals surface area (Å²) in [5, 5.41) is 14.3. The van der Waals surface area contributed by atoms with Gasteiger partial charge in [-0.2, -0.15) is 0 Å². The molecule has 0 spiro atoms. The third-order valence-corrected chi connectivity index (χ3v) is 2.67. The highest BCUT2D eigenvalue weighted by Crippen LogP contribution is 2.21. The number of aromatic hydroxyl groups is 1. The van der Waals surface area contributed by atoms with Crippen molar-refractivity contribution >= 4 is 23.2 Å². The number of carbonyl (C=O) groups excluding carboxylic acids is 2. The van der Waals surface area contributed by atoms with Crippen LogP contribution in [0.4, 0.5) is 11.4 Å². The molecule has 2 amide bonds. The van der Waals surface area contributed by atoms with Gasteiger partial charge in [0.1, 0.15) is 5.75 Å². The molecule has 2 aromatic rings. The molecule has 5 nitrogen and oxygen atoms in total. The maximum Gasteiger partial charge on any atom is 0.314 e. The van der Waals surface area contributed by atoms with E-state index in [4.69, 9.17) is 0 Å². The van der Waals surface area contributed by atoms with E-state index in [2.05, 4.69) is 10.6 Å². The van der Waals surface area contributed by atoms with Crippen LogP contribution in [0.15, 0.2) is 48.5 Å². The predicted molar refractivity (Wildman–Crippen MR) is 76.5 cm³/mol. The predicted octanol–water partition coefficient (Wildman–Crippen LogP) is 2.28. The first-order chi connectivity index (χ1) is 9.56. The number of aryl methyl sites for hydroxylation is 1. The number of anilines is 2. The molecule has 0 saturated carbocycles. The Kier molecular flexibility index (Phi) is 4.00. The number of rotatable bonds is 2. The molecule has 20 heavy (non-hydrogen) atoms. The van der Waals surface area contributed by atoms with Gasteiger partial charge in [0.2, 0.25) is 0 Å². The Morgan fingerprint density at radius 2 is 1.50 bits per heavy atom. The molecule has 0 fully saturated rings. The van der Waals surface area contributed by atoms with Gasteiger partial charge in [-0.15, -0.1) is 0 Å². The summed E-state index contributed by atoms with van der Waals surface area (Å²) >= 11 is 0. The highest BCUT2D eigenvalue weighted by molar-refractivity contribution is 6.43. The van der Waals surface area contributed by atoms with Crippen molar-refractivity contribution in [2.75, 3.05) is 10.6 Å². The van der Waals surface area contributed by atoms with Crippen molar-refractivity contribution in [3.05, 3.63) is 54.1 Å². The second-order valence-corrected chi connectivity index (χ2v) is 4.29. The zero-order valence-electron chi connectivity index (χ0n) is 10.9. The van der Waals surface area contributed by atoms with Crippen molar-refractivity contribution < 1.29 is 14.7 Å². The van der Waals surface area contributed by atoms with Crippen molar-refractivity contribution in [1.29, 1.82) is 0 Å². The minimum atomic E-state index is -0.841. The van der Waals surface area contributed by atoms with Crippen LogP contribution in [0.5, 0.6) is 5.75 Å². The average Bonchev–Trinajstić information content (AvgIpc) is 2.44. The summed E-state index contributed by atoms with van der Waals surface area (Å²) < 4.78 is 0. The maximum absolute atomic E-state index is 11.7. The minimum Gasteiger partial charge on any atom is -0.506 e. The SMILES string of the molecule is Cc1ccc(NC(=O)C(=O)Nc2ccccc2O)cc1. The number of para-hydroxylation sites is 2. The molecular weight excluding hydrogens is 256 g/mol. The Morgan fingerprint density at radius 3 is 2.15 bits per heavy atom. The molecule has 0 aromatic heterocycles. The van der Waals surface area contributed by atoms with Gasteiger partial charge in [-0.1, -0.05) is 29.8 Å². The van der Waals surface area contributed by atoms with E-state index in [-0.39, 0.29) is 11.4 Å². The Morgan fingerprint density at radius 1 is 0.900 bits per heavy atom. The van der Waals surface area contributed by atoms with E-state index in [9.17, 15) is 14.7 Å². The van der Waals surface area contributed by atoms with Gasteiger partial charge in [-0.3, -0.25) is 9.59 Å². The van der Waals surface area contributed by atoms with Gasteiger partial charge in [0.05, 0.1) is 5.69 Å². The quantitative estimate of drug-likeness (QED) is 0.578. The van der Waals surface area contributed by atoms with Crippen LogP contribution < -0.4 is 10.6 Å². The van der Waals surface area contributed by atoms with Gasteiger partial charge in [0.25, 0.3) is 0 Å². The molecule has 0 bridgehead atoms. The lowest BCUT2D eigenvalue weighted by Crippen LogP contribution is -2.29. The number of benzene rings is 2. The van der Waals surface area contributed by atoms with Crippen molar-refractivity contribution in [1.82, 2.24) is 0 Å². The Labute approximate surface area is 116 Å². The number of phenolic OH excluding ortho intramolecular Hbond substituents is 1. The highest BCUT2D eigenvalue weighted by Gasteiger charge is 2.15. The first-order valence-corrected chi connectivity index (χ1v) is 6.03. The number of carbonyl (C=O) groups is 2. The summed E-state index contributed by atoms with van der Waals surface area (Å²) in [5.74, 6) is -1.73. The van der Waals surface area contributed by atoms with Crippen LogP contribution in [0.2, 0.25) is 0 Å². The van der Waals surface area contributed by atoms with E-state index in [0.29, 0.717) is 5.69 Å². The number of hydrogen-bond donors (Lipinski definition) is 3. The van der Waals surface area contributed by atoms with E-state index < -0.39 is 11.8 Å². The van der Waals surface area contributed by atoms with Gasteiger partial charge < -0.3 is 15.7 Å². The van der Waals surface area contributed by atoms with Crippen molar-refractivity contribution in [3.8, 4) is 5.75 Å². The standard InChI is InChI=1S/C15H14N2O3/c1-10-6-8-11(9-7-10)16-14(19)15(20)17-12-4-2-3-5-13(12)18/h2-9,18H,1H3,(H,16,19)(H,17,20). The monoisotopic (exact) mass is 270 g/mol. The summed E-state index contributed by atoms with van der Waals surface area (Å²) in [7, 11) is 0. The third kappa shape index (κ3) is 3.35. The maximum atomic E-state index is 11.7. The van der Waals surface area contributed by atoms with E-state index in [0.717, 1.165) is 5.56 Å². The smallest absolute Gasteiger partial charge is 0.314 e. The number of nitrogens with one attached hydrogen (secondary N) is 2. The zero-order valence-corrected chi connectivity index (χ0v) is 10.9. The Hall–Kier alpha value is -2.82. The largest absolute Gasteiger partial charge is 0.506 e. The zero-order chi connectivity index (χ0) is 14.5. The molecule has 0 aliphatic carbocycles. The molecule has 0 atom stereocenters. The molecule has 0 aliphatic rings. The van der Waals surface area contributed by atoms with Crippen LogP contribution in [0.25, 0.3) is 0 Å². The van der Waals surface area contributed by atoms with Gasteiger partial charge in [0, 0.05) is 5.69 Å². The lowest BCUT2D eigenvalue weighted by molar-refractivity contribution is -0.133. The second kappa shape index (κ2) is 5.88. The molecule has 0 radical (unpaired) electrons. The van der Waals surface area contributed by atoms with Crippen molar-refractivity contribution in [3.63, 3.8) is 0 Å². The summed E-state index contributed by atoms with van der Waals surface area (Å²) in [6.07, 6.45) is 0. The fourth-order valence-electron chi connectivity index (χ4n) is 1.58. The van der Waals surface area contributed by atoms with Gasteiger partial charge in [0.15, 0.2) is 0 Å². The molecule has 0 heterocycles. The van der Waals surface area contributed by atoms with Crippen LogP contribution in [0.1, 0.15) is 5.56 Å². The van der Waals surface area contributed by atoms with E-state index in [1.54, 1.807) is 24.3 Å². The third-order valence-electron chi connectivity index (χ3n) is 2.67. The van der Waals surface area contributed by atoms with Gasteiger partial charge in [-0.05, 0) is 31.2 Å². The van der Waals surface area contributed by atoms with Crippen molar-refractivity contribution in [2.45, 2.75) is 6.92 Å². The molecule has 2 aromatic carbocycles. The van der Waals surface area contributed by atoms with Gasteiger partial charge >= 0.3 is 11.8 Å². The molecule has 0 aliphatic heterocycles. The normalized spacial score (nSPS) is 9.85. The van der Waals surface area contributed by atoms with Crippen LogP contribution >= 0.6 is 0 Å². The number of hydrogen-bond acceptors (Lipinski definition) is 3. The van der Waals surface area contributed by atoms with Crippen LogP contribution in [0.3, 0.4) is 0 Å². The molecule has 3 N–H and O–H groups in total. The summed E-state index contributed by atoms with van der Waals surface area (Å²) in [6.45, 7) is 1.93. The molecule has 2 rings (SSSR count). The molecule has 0 unspecified atom stereocenters.